The van der Waals surface area contributed by atoms with Gasteiger partial charge in [0.15, 0.2) is 6.04 Å². The van der Waals surface area contributed by atoms with Crippen LogP contribution in [0.2, 0.25) is 0 Å². The Morgan fingerprint density at radius 2 is 1.78 bits per heavy atom. The minimum Gasteiger partial charge on any atom is -0.322 e. The Bertz CT molecular complexity index is 854. The molecule has 5 nitrogen and oxygen atoms in total. The number of piperidine rings is 1. The highest BCUT2D eigenvalue weighted by atomic mass is 19.1. The number of nitrogens with one attached hydrogen (secondary N) is 1. The Hall–Kier alpha value is -2.60. The van der Waals surface area contributed by atoms with Gasteiger partial charge in [-0.2, -0.15) is 0 Å². The van der Waals surface area contributed by atoms with Crippen molar-refractivity contribution < 1.29 is 9.29 Å². The minimum atomic E-state index is -0.219. The van der Waals surface area contributed by atoms with Gasteiger partial charge in [-0.1, -0.05) is 37.3 Å². The molecule has 0 radical (unpaired) electrons. The van der Waals surface area contributed by atoms with Crippen molar-refractivity contribution in [3.63, 3.8) is 0 Å². The first kappa shape index (κ1) is 17.8. The van der Waals surface area contributed by atoms with Crippen LogP contribution in [0.4, 0.5) is 4.39 Å². The van der Waals surface area contributed by atoms with E-state index in [0.29, 0.717) is 6.54 Å². The van der Waals surface area contributed by atoms with Crippen LogP contribution >= 0.6 is 0 Å². The SMILES string of the molecule is CC1CC[NH+]([C@H](c2ccc(F)cc2)c2nnnn2Cc2ccccc2)CC1. The molecule has 0 saturated carbocycles. The molecule has 2 aromatic carbocycles. The summed E-state index contributed by atoms with van der Waals surface area (Å²) in [6.45, 7) is 5.08. The summed E-state index contributed by atoms with van der Waals surface area (Å²) in [5.41, 5.74) is 2.22. The van der Waals surface area contributed by atoms with Crippen molar-refractivity contribution >= 4 is 0 Å². The summed E-state index contributed by atoms with van der Waals surface area (Å²) in [4.78, 5) is 1.45. The maximum Gasteiger partial charge on any atom is 0.214 e. The topological polar surface area (TPSA) is 48.0 Å². The molecule has 27 heavy (non-hydrogen) atoms. The van der Waals surface area contributed by atoms with Crippen molar-refractivity contribution in [2.75, 3.05) is 13.1 Å². The highest BCUT2D eigenvalue weighted by Crippen LogP contribution is 2.20. The van der Waals surface area contributed by atoms with Crippen LogP contribution in [-0.4, -0.2) is 33.3 Å². The fraction of sp³-hybridized carbons (Fsp3) is 0.381. The van der Waals surface area contributed by atoms with Crippen LogP contribution in [0.25, 0.3) is 0 Å². The Labute approximate surface area is 158 Å². The van der Waals surface area contributed by atoms with Crippen LogP contribution < -0.4 is 4.90 Å². The van der Waals surface area contributed by atoms with Crippen LogP contribution in [0, 0.1) is 11.7 Å². The van der Waals surface area contributed by atoms with Gasteiger partial charge in [0.25, 0.3) is 0 Å². The average Bonchev–Trinajstić information content (AvgIpc) is 3.13. The van der Waals surface area contributed by atoms with Crippen LogP contribution in [-0.2, 0) is 6.54 Å². The third-order valence-electron chi connectivity index (χ3n) is 5.52. The fourth-order valence-electron chi connectivity index (χ4n) is 3.93. The van der Waals surface area contributed by atoms with E-state index in [4.69, 9.17) is 0 Å². The molecule has 1 aliphatic rings. The van der Waals surface area contributed by atoms with E-state index in [1.807, 2.05) is 35.0 Å². The number of aromatic nitrogens is 4. The predicted octanol–water partition coefficient (Wildman–Crippen LogP) is 2.26. The molecule has 6 heteroatoms. The molecule has 3 aromatic rings. The number of tetrazole rings is 1. The summed E-state index contributed by atoms with van der Waals surface area (Å²) in [6.07, 6.45) is 2.38. The molecular formula is C21H25FN5+. The van der Waals surface area contributed by atoms with E-state index in [9.17, 15) is 4.39 Å². The van der Waals surface area contributed by atoms with Crippen LogP contribution in [0.5, 0.6) is 0 Å². The first-order valence-corrected chi connectivity index (χ1v) is 9.61. The van der Waals surface area contributed by atoms with Gasteiger partial charge < -0.3 is 4.90 Å². The zero-order valence-electron chi connectivity index (χ0n) is 15.6. The predicted molar refractivity (Wildman–Crippen MR) is 101 cm³/mol. The lowest BCUT2D eigenvalue weighted by molar-refractivity contribution is -0.932. The molecule has 2 heterocycles. The van der Waals surface area contributed by atoms with Crippen LogP contribution in [0.15, 0.2) is 54.6 Å². The molecule has 140 valence electrons. The van der Waals surface area contributed by atoms with Gasteiger partial charge in [0.1, 0.15) is 5.82 Å². The third kappa shape index (κ3) is 4.06. The monoisotopic (exact) mass is 366 g/mol. The number of likely N-dealkylation sites (tertiary alicyclic amines) is 1. The minimum absolute atomic E-state index is 0.0109. The lowest BCUT2D eigenvalue weighted by Gasteiger charge is -2.33. The quantitative estimate of drug-likeness (QED) is 0.754. The van der Waals surface area contributed by atoms with Gasteiger partial charge in [0.2, 0.25) is 5.82 Å². The van der Waals surface area contributed by atoms with Gasteiger partial charge in [-0.3, -0.25) is 0 Å². The van der Waals surface area contributed by atoms with Crippen molar-refractivity contribution in [2.45, 2.75) is 32.4 Å². The van der Waals surface area contributed by atoms with Crippen LogP contribution in [0.1, 0.15) is 42.8 Å². The molecule has 0 spiro atoms. The number of hydrogen-bond acceptors (Lipinski definition) is 3. The zero-order chi connectivity index (χ0) is 18.6. The highest BCUT2D eigenvalue weighted by molar-refractivity contribution is 5.23. The summed E-state index contributed by atoms with van der Waals surface area (Å²) < 4.78 is 15.4. The molecule has 1 fully saturated rings. The second-order valence-electron chi connectivity index (χ2n) is 7.51. The molecule has 0 unspecified atom stereocenters. The van der Waals surface area contributed by atoms with Crippen molar-refractivity contribution in [2.24, 2.45) is 5.92 Å². The number of nitrogens with zero attached hydrogens (tertiary/aromatic N) is 4. The van der Waals surface area contributed by atoms with E-state index in [1.54, 1.807) is 0 Å². The smallest absolute Gasteiger partial charge is 0.214 e. The second kappa shape index (κ2) is 7.96. The molecule has 4 rings (SSSR count). The van der Waals surface area contributed by atoms with Crippen molar-refractivity contribution in [1.29, 1.82) is 0 Å². The molecule has 1 atom stereocenters. The van der Waals surface area contributed by atoms with Gasteiger partial charge in [-0.25, -0.2) is 9.07 Å². The standard InChI is InChI=1S/C21H24FN5/c1-16-11-13-26(14-12-16)20(18-7-9-19(22)10-8-18)21-23-24-25-27(21)15-17-5-3-2-4-6-17/h2-10,16,20H,11-15H2,1H3/p+1/t20-/m1/s1. The number of quaternary nitrogens is 1. The van der Waals surface area contributed by atoms with Crippen molar-refractivity contribution in [3.05, 3.63) is 77.4 Å². The Morgan fingerprint density at radius 1 is 1.07 bits per heavy atom. The average molecular weight is 366 g/mol. The lowest BCUT2D eigenvalue weighted by Crippen LogP contribution is -3.13. The van der Waals surface area contributed by atoms with E-state index in [0.717, 1.165) is 36.0 Å². The Morgan fingerprint density at radius 3 is 2.48 bits per heavy atom. The fourth-order valence-corrected chi connectivity index (χ4v) is 3.93. The molecular weight excluding hydrogens is 341 g/mol. The first-order valence-electron chi connectivity index (χ1n) is 9.61. The summed E-state index contributed by atoms with van der Waals surface area (Å²) in [7, 11) is 0. The molecule has 1 aromatic heterocycles. The van der Waals surface area contributed by atoms with Crippen molar-refractivity contribution in [1.82, 2.24) is 20.2 Å². The van der Waals surface area contributed by atoms with E-state index in [1.165, 1.54) is 29.9 Å². The van der Waals surface area contributed by atoms with Gasteiger partial charge >= 0.3 is 0 Å². The van der Waals surface area contributed by atoms with Gasteiger partial charge in [0.05, 0.1) is 19.6 Å². The summed E-state index contributed by atoms with van der Waals surface area (Å²) in [6, 6.07) is 17.0. The number of benzene rings is 2. The summed E-state index contributed by atoms with van der Waals surface area (Å²) in [5, 5.41) is 12.6. The maximum atomic E-state index is 13.5. The number of rotatable bonds is 5. The van der Waals surface area contributed by atoms with Gasteiger partial charge in [0, 0.05) is 5.56 Å². The van der Waals surface area contributed by atoms with Crippen molar-refractivity contribution in [3.8, 4) is 0 Å². The molecule has 1 saturated heterocycles. The summed E-state index contributed by atoms with van der Waals surface area (Å²) >= 11 is 0. The maximum absolute atomic E-state index is 13.5. The normalized spacial score (nSPS) is 21.1. The van der Waals surface area contributed by atoms with Crippen LogP contribution in [0.3, 0.4) is 0 Å². The third-order valence-corrected chi connectivity index (χ3v) is 5.52. The summed E-state index contributed by atoms with van der Waals surface area (Å²) in [5.74, 6) is 1.38. The molecule has 0 amide bonds. The number of hydrogen-bond donors (Lipinski definition) is 1. The largest absolute Gasteiger partial charge is 0.322 e. The van der Waals surface area contributed by atoms with E-state index >= 15 is 0 Å². The lowest BCUT2D eigenvalue weighted by atomic mass is 9.95. The van der Waals surface area contributed by atoms with Gasteiger partial charge in [-0.05, 0) is 59.0 Å². The zero-order valence-corrected chi connectivity index (χ0v) is 15.6. The van der Waals surface area contributed by atoms with E-state index in [2.05, 4.69) is 34.6 Å². The molecule has 0 aliphatic carbocycles. The second-order valence-corrected chi connectivity index (χ2v) is 7.51. The number of halogens is 1. The first-order chi connectivity index (χ1) is 13.2. The highest BCUT2D eigenvalue weighted by Gasteiger charge is 2.33. The molecule has 0 bridgehead atoms. The van der Waals surface area contributed by atoms with E-state index in [-0.39, 0.29) is 11.9 Å². The Balaban J connectivity index is 1.69. The molecule has 1 aliphatic heterocycles. The van der Waals surface area contributed by atoms with E-state index < -0.39 is 0 Å². The van der Waals surface area contributed by atoms with Gasteiger partial charge in [-0.15, -0.1) is 5.10 Å². The Kier molecular flexibility index (Phi) is 5.25. The molecule has 1 N–H and O–H groups in total.